The van der Waals surface area contributed by atoms with E-state index in [9.17, 15) is 4.79 Å². The van der Waals surface area contributed by atoms with Gasteiger partial charge in [-0.25, -0.2) is 15.0 Å². The van der Waals surface area contributed by atoms with Crippen LogP contribution in [0.15, 0.2) is 61.2 Å². The van der Waals surface area contributed by atoms with Gasteiger partial charge in [0.1, 0.15) is 5.69 Å². The van der Waals surface area contributed by atoms with Gasteiger partial charge in [-0.2, -0.15) is 5.10 Å². The number of nitrogens with one attached hydrogen (secondary N) is 2. The van der Waals surface area contributed by atoms with Crippen LogP contribution in [-0.2, 0) is 18.8 Å². The molecule has 0 atom stereocenters. The Morgan fingerprint density at radius 2 is 1.74 bits per heavy atom. The Hall–Kier alpha value is -4.97. The van der Waals surface area contributed by atoms with Gasteiger partial charge in [-0.1, -0.05) is 12.1 Å². The summed E-state index contributed by atoms with van der Waals surface area (Å²) in [5.74, 6) is -0.0270. The van der Waals surface area contributed by atoms with Crippen LogP contribution in [0.2, 0.25) is 0 Å². The van der Waals surface area contributed by atoms with E-state index in [1.807, 2.05) is 67.3 Å². The fourth-order valence-electron chi connectivity index (χ4n) is 4.65. The summed E-state index contributed by atoms with van der Waals surface area (Å²) in [6.07, 6.45) is 5.25. The summed E-state index contributed by atoms with van der Waals surface area (Å²) in [5.41, 5.74) is 11.2. The van der Waals surface area contributed by atoms with Crippen LogP contribution < -0.4 is 21.3 Å². The van der Waals surface area contributed by atoms with Crippen LogP contribution >= 0.6 is 0 Å². The lowest BCUT2D eigenvalue weighted by molar-refractivity contribution is 0.0996. The van der Waals surface area contributed by atoms with Crippen molar-refractivity contribution in [1.82, 2.24) is 29.3 Å². The largest absolute Gasteiger partial charge is 0.378 e. The van der Waals surface area contributed by atoms with Crippen molar-refractivity contribution in [2.24, 2.45) is 19.8 Å². The average Bonchev–Trinajstić information content (AvgIpc) is 3.54. The van der Waals surface area contributed by atoms with Crippen molar-refractivity contribution in [3.63, 3.8) is 0 Å². The molecule has 0 aliphatic carbocycles. The molecule has 2 aromatic carbocycles. The van der Waals surface area contributed by atoms with E-state index >= 15 is 0 Å². The van der Waals surface area contributed by atoms with E-state index in [2.05, 4.69) is 25.6 Å². The number of aryl methyl sites for hydroxylation is 2. The Morgan fingerprint density at radius 1 is 0.974 bits per heavy atom. The number of carbonyl (C=O) groups excluding carboxylic acids is 1. The molecule has 198 valence electrons. The van der Waals surface area contributed by atoms with E-state index in [4.69, 9.17) is 20.4 Å². The number of amides is 1. The quantitative estimate of drug-likeness (QED) is 0.293. The summed E-state index contributed by atoms with van der Waals surface area (Å²) in [6.45, 7) is 3.11. The number of hydrogen-bond donors (Lipinski definition) is 3. The average molecular weight is 525 g/mol. The number of primary amides is 1. The molecule has 12 heteroatoms. The molecule has 1 fully saturated rings. The number of morpholine rings is 1. The van der Waals surface area contributed by atoms with Gasteiger partial charge < -0.3 is 30.6 Å². The minimum atomic E-state index is -0.697. The third-order valence-electron chi connectivity index (χ3n) is 6.61. The second-order valence-electron chi connectivity index (χ2n) is 9.31. The van der Waals surface area contributed by atoms with E-state index in [0.29, 0.717) is 30.4 Å². The van der Waals surface area contributed by atoms with Gasteiger partial charge in [0.05, 0.1) is 42.5 Å². The highest BCUT2D eigenvalue weighted by Crippen LogP contribution is 2.34. The summed E-state index contributed by atoms with van der Waals surface area (Å²) in [6, 6.07) is 13.7. The topological polar surface area (TPSA) is 141 Å². The van der Waals surface area contributed by atoms with Crippen LogP contribution in [0, 0.1) is 0 Å². The summed E-state index contributed by atoms with van der Waals surface area (Å²) in [5, 5.41) is 10.8. The first-order valence-electron chi connectivity index (χ1n) is 12.5. The van der Waals surface area contributed by atoms with Crippen LogP contribution in [0.3, 0.4) is 0 Å². The first-order valence-corrected chi connectivity index (χ1v) is 12.5. The Bertz CT molecular complexity index is 1650. The van der Waals surface area contributed by atoms with Crippen LogP contribution in [0.25, 0.3) is 22.3 Å². The highest BCUT2D eigenvalue weighted by atomic mass is 16.5. The van der Waals surface area contributed by atoms with E-state index in [1.54, 1.807) is 17.2 Å². The minimum absolute atomic E-state index is 0.0203. The number of nitrogens with zero attached hydrogens (tertiary/aromatic N) is 7. The minimum Gasteiger partial charge on any atom is -0.378 e. The normalized spacial score (nSPS) is 13.5. The Labute approximate surface area is 224 Å². The molecule has 39 heavy (non-hydrogen) atoms. The number of nitrogens with two attached hydrogens (primary N) is 1. The number of fused-ring (bicyclic) bond motifs is 1. The van der Waals surface area contributed by atoms with Crippen molar-refractivity contribution < 1.29 is 9.53 Å². The van der Waals surface area contributed by atoms with Crippen molar-refractivity contribution in [2.75, 3.05) is 41.8 Å². The number of ether oxygens (including phenoxy) is 1. The number of imidazole rings is 1. The number of hydrogen-bond acceptors (Lipinski definition) is 9. The van der Waals surface area contributed by atoms with Crippen LogP contribution in [0.1, 0.15) is 10.5 Å². The molecule has 0 unspecified atom stereocenters. The van der Waals surface area contributed by atoms with E-state index in [0.717, 1.165) is 41.1 Å². The first-order chi connectivity index (χ1) is 19.0. The molecule has 1 aliphatic rings. The highest BCUT2D eigenvalue weighted by molar-refractivity contribution is 6.00. The molecule has 6 rings (SSSR count). The molecule has 12 nitrogen and oxygen atoms in total. The number of para-hydroxylation sites is 1. The molecular weight excluding hydrogens is 496 g/mol. The van der Waals surface area contributed by atoms with E-state index in [1.165, 1.54) is 0 Å². The first kappa shape index (κ1) is 24.4. The lowest BCUT2D eigenvalue weighted by Gasteiger charge is -2.29. The molecule has 1 aliphatic heterocycles. The molecule has 5 aromatic rings. The van der Waals surface area contributed by atoms with Gasteiger partial charge in [0.15, 0.2) is 17.3 Å². The number of rotatable bonds is 7. The van der Waals surface area contributed by atoms with Gasteiger partial charge in [-0.15, -0.1) is 0 Å². The Morgan fingerprint density at radius 3 is 2.46 bits per heavy atom. The van der Waals surface area contributed by atoms with Gasteiger partial charge in [0.25, 0.3) is 5.91 Å². The van der Waals surface area contributed by atoms with E-state index < -0.39 is 5.91 Å². The van der Waals surface area contributed by atoms with Crippen LogP contribution in [0.5, 0.6) is 0 Å². The molecule has 1 saturated heterocycles. The van der Waals surface area contributed by atoms with Gasteiger partial charge in [0, 0.05) is 50.3 Å². The summed E-state index contributed by atoms with van der Waals surface area (Å²) in [4.78, 5) is 29.0. The summed E-state index contributed by atoms with van der Waals surface area (Å²) in [7, 11) is 3.75. The van der Waals surface area contributed by atoms with Crippen molar-refractivity contribution in [3.8, 4) is 11.3 Å². The predicted octanol–water partition coefficient (Wildman–Crippen LogP) is 3.19. The van der Waals surface area contributed by atoms with Gasteiger partial charge in [-0.05, 0) is 30.3 Å². The zero-order chi connectivity index (χ0) is 26.9. The maximum absolute atomic E-state index is 12.6. The predicted molar refractivity (Wildman–Crippen MR) is 150 cm³/mol. The second kappa shape index (κ2) is 10.1. The summed E-state index contributed by atoms with van der Waals surface area (Å²) < 4.78 is 9.06. The molecule has 3 aromatic heterocycles. The number of benzene rings is 2. The van der Waals surface area contributed by atoms with Crippen molar-refractivity contribution >= 4 is 45.6 Å². The highest BCUT2D eigenvalue weighted by Gasteiger charge is 2.22. The molecule has 0 radical (unpaired) electrons. The fraction of sp³-hybridized carbons (Fsp3) is 0.222. The van der Waals surface area contributed by atoms with Crippen LogP contribution in [0.4, 0.5) is 28.7 Å². The number of aromatic nitrogens is 6. The fourth-order valence-corrected chi connectivity index (χ4v) is 4.65. The third kappa shape index (κ3) is 4.84. The standard InChI is InChI=1S/C27H28N10O2/c1-35-16-29-22-20(4-3-5-21(22)35)23-26(32-18-14-30-36(2)15-18)34-27(24(33-23)25(28)38)31-17-6-8-19(9-7-17)37-10-12-39-13-11-37/h3-9,14-16H,10-13H2,1-2H3,(H2,28,38)(H2,31,32,34). The molecule has 0 bridgehead atoms. The lowest BCUT2D eigenvalue weighted by atomic mass is 10.1. The van der Waals surface area contributed by atoms with Gasteiger partial charge in [-0.3, -0.25) is 9.48 Å². The SMILES string of the molecule is Cn1cc(Nc2nc(Nc3ccc(N4CCOCC4)cc3)c(C(N)=O)nc2-c2cccc3c2ncn3C)cn1. The number of anilines is 5. The second-order valence-corrected chi connectivity index (χ2v) is 9.31. The monoisotopic (exact) mass is 524 g/mol. The van der Waals surface area contributed by atoms with Gasteiger partial charge in [0.2, 0.25) is 0 Å². The Kier molecular flexibility index (Phi) is 6.29. The summed E-state index contributed by atoms with van der Waals surface area (Å²) >= 11 is 0. The zero-order valence-electron chi connectivity index (χ0n) is 21.6. The van der Waals surface area contributed by atoms with Gasteiger partial charge >= 0.3 is 0 Å². The van der Waals surface area contributed by atoms with Crippen molar-refractivity contribution in [3.05, 3.63) is 66.9 Å². The molecule has 4 N–H and O–H groups in total. The van der Waals surface area contributed by atoms with Crippen molar-refractivity contribution in [2.45, 2.75) is 0 Å². The molecule has 0 saturated carbocycles. The number of carbonyl (C=O) groups is 1. The molecule has 4 heterocycles. The molecular formula is C27H28N10O2. The molecule has 1 amide bonds. The lowest BCUT2D eigenvalue weighted by Crippen LogP contribution is -2.36. The van der Waals surface area contributed by atoms with Crippen LogP contribution in [-0.4, -0.2) is 61.5 Å². The zero-order valence-corrected chi connectivity index (χ0v) is 21.6. The maximum atomic E-state index is 12.6. The smallest absolute Gasteiger partial charge is 0.271 e. The van der Waals surface area contributed by atoms with Crippen molar-refractivity contribution in [1.29, 1.82) is 0 Å². The maximum Gasteiger partial charge on any atom is 0.271 e. The third-order valence-corrected chi connectivity index (χ3v) is 6.61. The molecule has 0 spiro atoms. The van der Waals surface area contributed by atoms with E-state index in [-0.39, 0.29) is 11.5 Å². The Balaban J connectivity index is 1.42.